The predicted molar refractivity (Wildman–Crippen MR) is 77.1 cm³/mol. The monoisotopic (exact) mass is 285 g/mol. The molecule has 3 aromatic rings. The minimum Gasteiger partial charge on any atom is -0.454 e. The number of aromatic amines is 1. The van der Waals surface area contributed by atoms with Gasteiger partial charge in [0, 0.05) is 17.8 Å². The number of fused-ring (bicyclic) bond motifs is 2. The molecule has 1 aliphatic heterocycles. The van der Waals surface area contributed by atoms with E-state index in [1.165, 1.54) is 0 Å². The Morgan fingerprint density at radius 2 is 2.00 bits per heavy atom. The van der Waals surface area contributed by atoms with Crippen LogP contribution in [0.2, 0.25) is 0 Å². The molecule has 2 heterocycles. The molecule has 0 amide bonds. The molecule has 7 heteroatoms. The van der Waals surface area contributed by atoms with Crippen LogP contribution in [0.1, 0.15) is 0 Å². The van der Waals surface area contributed by atoms with E-state index in [2.05, 4.69) is 10.3 Å². The Bertz CT molecular complexity index is 897. The normalized spacial score (nSPS) is 12.8. The number of hydrogen-bond acceptors (Lipinski definition) is 6. The van der Waals surface area contributed by atoms with E-state index >= 15 is 0 Å². The van der Waals surface area contributed by atoms with Crippen LogP contribution in [0.3, 0.4) is 0 Å². The van der Waals surface area contributed by atoms with Gasteiger partial charge >= 0.3 is 5.76 Å². The van der Waals surface area contributed by atoms with Gasteiger partial charge in [0.1, 0.15) is 0 Å². The lowest BCUT2D eigenvalue weighted by Crippen LogP contribution is -1.96. The topological polar surface area (TPSA) is 103 Å². The van der Waals surface area contributed by atoms with E-state index in [1.54, 1.807) is 12.1 Å². The second-order valence-electron chi connectivity index (χ2n) is 4.64. The van der Waals surface area contributed by atoms with Crippen LogP contribution in [0, 0.1) is 0 Å². The fraction of sp³-hybridized carbons (Fsp3) is 0.0714. The Balaban J connectivity index is 1.73. The van der Waals surface area contributed by atoms with Gasteiger partial charge in [-0.1, -0.05) is 0 Å². The van der Waals surface area contributed by atoms with E-state index in [0.29, 0.717) is 34.0 Å². The van der Waals surface area contributed by atoms with E-state index < -0.39 is 5.76 Å². The summed E-state index contributed by atoms with van der Waals surface area (Å²) in [4.78, 5) is 13.8. The summed E-state index contributed by atoms with van der Waals surface area (Å²) < 4.78 is 15.5. The molecule has 1 aromatic heterocycles. The summed E-state index contributed by atoms with van der Waals surface area (Å²) in [7, 11) is 0. The Kier molecular flexibility index (Phi) is 2.34. The summed E-state index contributed by atoms with van der Waals surface area (Å²) >= 11 is 0. The van der Waals surface area contributed by atoms with E-state index in [4.69, 9.17) is 19.6 Å². The smallest absolute Gasteiger partial charge is 0.417 e. The first-order chi connectivity index (χ1) is 10.2. The van der Waals surface area contributed by atoms with Crippen molar-refractivity contribution < 1.29 is 13.9 Å². The third kappa shape index (κ3) is 1.95. The maximum absolute atomic E-state index is 11.2. The highest BCUT2D eigenvalue weighted by Gasteiger charge is 2.14. The van der Waals surface area contributed by atoms with Gasteiger partial charge in [0.2, 0.25) is 6.79 Å². The number of benzene rings is 2. The Hall–Kier alpha value is -3.09. The summed E-state index contributed by atoms with van der Waals surface area (Å²) in [6.07, 6.45) is 0. The van der Waals surface area contributed by atoms with Crippen molar-refractivity contribution in [3.63, 3.8) is 0 Å². The average molecular weight is 285 g/mol. The van der Waals surface area contributed by atoms with E-state index in [9.17, 15) is 4.79 Å². The van der Waals surface area contributed by atoms with Gasteiger partial charge in [0.25, 0.3) is 0 Å². The molecule has 0 bridgehead atoms. The SMILES string of the molecule is Nc1cc2oc(=O)[nH]c2cc1Nc1ccc2c(c1)OCO2. The average Bonchev–Trinajstić information content (AvgIpc) is 3.04. The molecule has 0 saturated carbocycles. The van der Waals surface area contributed by atoms with Gasteiger partial charge in [0.05, 0.1) is 16.9 Å². The molecule has 4 N–H and O–H groups in total. The number of hydrogen-bond donors (Lipinski definition) is 3. The van der Waals surface area contributed by atoms with Gasteiger partial charge in [-0.25, -0.2) is 4.79 Å². The van der Waals surface area contributed by atoms with Crippen molar-refractivity contribution in [3.8, 4) is 11.5 Å². The number of nitrogens with two attached hydrogens (primary N) is 1. The molecule has 2 aromatic carbocycles. The van der Waals surface area contributed by atoms with Crippen LogP contribution in [0.15, 0.2) is 39.5 Å². The quantitative estimate of drug-likeness (QED) is 0.624. The maximum Gasteiger partial charge on any atom is 0.417 e. The summed E-state index contributed by atoms with van der Waals surface area (Å²) in [5.74, 6) is 0.879. The minimum absolute atomic E-state index is 0.225. The minimum atomic E-state index is -0.510. The molecule has 0 unspecified atom stereocenters. The van der Waals surface area contributed by atoms with Gasteiger partial charge < -0.3 is 24.9 Å². The van der Waals surface area contributed by atoms with Crippen molar-refractivity contribution >= 4 is 28.2 Å². The largest absolute Gasteiger partial charge is 0.454 e. The molecule has 0 fully saturated rings. The summed E-state index contributed by atoms with van der Waals surface area (Å²) in [6.45, 7) is 0.225. The van der Waals surface area contributed by atoms with E-state index in [-0.39, 0.29) is 6.79 Å². The summed E-state index contributed by atoms with van der Waals surface area (Å²) in [5, 5.41) is 3.18. The number of rotatable bonds is 2. The molecular weight excluding hydrogens is 274 g/mol. The molecule has 0 spiro atoms. The lowest BCUT2D eigenvalue weighted by atomic mass is 10.2. The molecule has 21 heavy (non-hydrogen) atoms. The third-order valence-electron chi connectivity index (χ3n) is 3.24. The molecule has 7 nitrogen and oxygen atoms in total. The van der Waals surface area contributed by atoms with Crippen LogP contribution >= 0.6 is 0 Å². The van der Waals surface area contributed by atoms with Gasteiger partial charge in [-0.3, -0.25) is 4.98 Å². The number of nitrogen functional groups attached to an aromatic ring is 1. The lowest BCUT2D eigenvalue weighted by molar-refractivity contribution is 0.174. The van der Waals surface area contributed by atoms with Gasteiger partial charge in [0.15, 0.2) is 17.1 Å². The summed E-state index contributed by atoms with van der Waals surface area (Å²) in [6, 6.07) is 8.82. The highest BCUT2D eigenvalue weighted by atomic mass is 16.7. The molecule has 0 aliphatic carbocycles. The number of nitrogens with one attached hydrogen (secondary N) is 2. The van der Waals surface area contributed by atoms with Crippen molar-refractivity contribution in [3.05, 3.63) is 40.9 Å². The van der Waals surface area contributed by atoms with Crippen LogP contribution in [0.25, 0.3) is 11.1 Å². The van der Waals surface area contributed by atoms with Gasteiger partial charge in [-0.15, -0.1) is 0 Å². The van der Waals surface area contributed by atoms with Crippen molar-refractivity contribution in [2.75, 3.05) is 17.8 Å². The van der Waals surface area contributed by atoms with Crippen LogP contribution < -0.4 is 26.3 Å². The van der Waals surface area contributed by atoms with Crippen molar-refractivity contribution in [2.24, 2.45) is 0 Å². The van der Waals surface area contributed by atoms with Gasteiger partial charge in [-0.05, 0) is 18.2 Å². The molecule has 4 rings (SSSR count). The predicted octanol–water partition coefficient (Wildman–Crippen LogP) is 2.18. The second-order valence-corrected chi connectivity index (χ2v) is 4.64. The summed E-state index contributed by atoms with van der Waals surface area (Å²) in [5.41, 5.74) is 8.91. The van der Waals surface area contributed by atoms with E-state index in [1.807, 2.05) is 18.2 Å². The van der Waals surface area contributed by atoms with Gasteiger partial charge in [-0.2, -0.15) is 0 Å². The molecule has 1 aliphatic rings. The highest BCUT2D eigenvalue weighted by molar-refractivity contribution is 5.87. The molecule has 0 atom stereocenters. The second kappa shape index (κ2) is 4.20. The molecule has 0 radical (unpaired) electrons. The van der Waals surface area contributed by atoms with Crippen LogP contribution in [-0.4, -0.2) is 11.8 Å². The molecular formula is C14H11N3O4. The maximum atomic E-state index is 11.2. The van der Waals surface area contributed by atoms with Crippen LogP contribution in [0.4, 0.5) is 17.1 Å². The number of ether oxygens (including phenoxy) is 2. The number of anilines is 3. The first-order valence-electron chi connectivity index (χ1n) is 6.28. The highest BCUT2D eigenvalue weighted by Crippen LogP contribution is 2.36. The van der Waals surface area contributed by atoms with Crippen molar-refractivity contribution in [2.45, 2.75) is 0 Å². The van der Waals surface area contributed by atoms with Crippen LogP contribution in [-0.2, 0) is 0 Å². The fourth-order valence-electron chi connectivity index (χ4n) is 2.25. The number of H-pyrrole nitrogens is 1. The first kappa shape index (κ1) is 11.7. The zero-order valence-corrected chi connectivity index (χ0v) is 10.8. The zero-order valence-electron chi connectivity index (χ0n) is 10.8. The third-order valence-corrected chi connectivity index (χ3v) is 3.24. The number of aromatic nitrogens is 1. The Morgan fingerprint density at radius 1 is 1.14 bits per heavy atom. The first-order valence-corrected chi connectivity index (χ1v) is 6.28. The number of oxazole rings is 1. The van der Waals surface area contributed by atoms with E-state index in [0.717, 1.165) is 5.69 Å². The van der Waals surface area contributed by atoms with Crippen molar-refractivity contribution in [1.29, 1.82) is 0 Å². The molecule has 0 saturated heterocycles. The Labute approximate surface area is 118 Å². The Morgan fingerprint density at radius 3 is 2.90 bits per heavy atom. The standard InChI is InChI=1S/C14H11N3O4/c15-8-4-12-10(17-14(18)21-12)5-9(8)16-7-1-2-11-13(3-7)20-6-19-11/h1-5,16H,6,15H2,(H,17,18). The molecule has 106 valence electrons. The van der Waals surface area contributed by atoms with Crippen LogP contribution in [0.5, 0.6) is 11.5 Å². The fourth-order valence-corrected chi connectivity index (χ4v) is 2.25. The zero-order chi connectivity index (χ0) is 14.4. The lowest BCUT2D eigenvalue weighted by Gasteiger charge is -2.09. The van der Waals surface area contributed by atoms with Crippen molar-refractivity contribution in [1.82, 2.24) is 4.98 Å².